The maximum absolute atomic E-state index is 5.75. The van der Waals surface area contributed by atoms with Crippen LogP contribution in [0, 0.1) is 10.5 Å². The summed E-state index contributed by atoms with van der Waals surface area (Å²) in [5, 5.41) is 4.91. The van der Waals surface area contributed by atoms with Gasteiger partial charge in [0.05, 0.1) is 9.26 Å². The van der Waals surface area contributed by atoms with Crippen LogP contribution in [0.3, 0.4) is 0 Å². The third-order valence-electron chi connectivity index (χ3n) is 1.78. The average Bonchev–Trinajstić information content (AvgIpc) is 2.45. The minimum Gasteiger partial charge on any atom is -0.368 e. The van der Waals surface area contributed by atoms with Crippen molar-refractivity contribution in [3.63, 3.8) is 0 Å². The number of nitrogens with two attached hydrogens (primary N) is 1. The Morgan fingerprint density at radius 2 is 2.14 bits per heavy atom. The Hall–Kier alpha value is -0.570. The highest BCUT2D eigenvalue weighted by atomic mass is 127. The molecule has 0 saturated carbocycles. The van der Waals surface area contributed by atoms with E-state index in [1.54, 1.807) is 4.52 Å². The molecule has 2 N–H and O–H groups in total. The molecule has 0 aromatic carbocycles. The minimum atomic E-state index is 0.380. The first kappa shape index (κ1) is 9.97. The second-order valence-electron chi connectivity index (χ2n) is 2.70. The van der Waals surface area contributed by atoms with Gasteiger partial charge in [-0.3, -0.25) is 0 Å². The van der Waals surface area contributed by atoms with Crippen molar-refractivity contribution in [3.8, 4) is 0 Å². The maximum atomic E-state index is 5.75. The van der Waals surface area contributed by atoms with E-state index in [0.717, 1.165) is 14.9 Å². The molecule has 2 rings (SSSR count). The van der Waals surface area contributed by atoms with E-state index in [9.17, 15) is 0 Å². The number of rotatable bonds is 1. The normalized spacial score (nSPS) is 11.1. The highest BCUT2D eigenvalue weighted by Gasteiger charge is 2.11. The van der Waals surface area contributed by atoms with Gasteiger partial charge in [0.15, 0.2) is 10.8 Å². The maximum Gasteiger partial charge on any atom is 0.225 e. The van der Waals surface area contributed by atoms with Gasteiger partial charge >= 0.3 is 0 Å². The molecular weight excluding hydrogens is 313 g/mol. The first-order valence-electron chi connectivity index (χ1n) is 3.86. The van der Waals surface area contributed by atoms with Crippen LogP contribution in [0.15, 0.2) is 5.16 Å². The fourth-order valence-electron chi connectivity index (χ4n) is 1.10. The molecular formula is C7H8IN5S. The molecule has 2 aromatic heterocycles. The molecule has 0 aliphatic heterocycles. The van der Waals surface area contributed by atoms with E-state index >= 15 is 0 Å². The lowest BCUT2D eigenvalue weighted by Gasteiger charge is -1.99. The van der Waals surface area contributed by atoms with Crippen molar-refractivity contribution in [2.24, 2.45) is 0 Å². The molecule has 74 valence electrons. The second-order valence-corrected chi connectivity index (χ2v) is 4.56. The quantitative estimate of drug-likeness (QED) is 0.634. The van der Waals surface area contributed by atoms with Crippen LogP contribution in [0.25, 0.3) is 5.65 Å². The summed E-state index contributed by atoms with van der Waals surface area (Å²) >= 11 is 3.68. The minimum absolute atomic E-state index is 0.380. The highest BCUT2D eigenvalue weighted by Crippen LogP contribution is 2.19. The van der Waals surface area contributed by atoms with Gasteiger partial charge < -0.3 is 5.73 Å². The van der Waals surface area contributed by atoms with E-state index in [1.165, 1.54) is 11.8 Å². The van der Waals surface area contributed by atoms with Gasteiger partial charge in [0.25, 0.3) is 0 Å². The third kappa shape index (κ3) is 1.44. The zero-order valence-electron chi connectivity index (χ0n) is 7.65. The molecule has 14 heavy (non-hydrogen) atoms. The van der Waals surface area contributed by atoms with Gasteiger partial charge in [0.2, 0.25) is 5.95 Å². The molecule has 0 bridgehead atoms. The van der Waals surface area contributed by atoms with E-state index in [4.69, 9.17) is 5.73 Å². The zero-order chi connectivity index (χ0) is 10.3. The Morgan fingerprint density at radius 3 is 2.79 bits per heavy atom. The number of anilines is 1. The van der Waals surface area contributed by atoms with Crippen LogP contribution in [0.5, 0.6) is 0 Å². The smallest absolute Gasteiger partial charge is 0.225 e. The first-order chi connectivity index (χ1) is 6.63. The predicted molar refractivity (Wildman–Crippen MR) is 64.4 cm³/mol. The van der Waals surface area contributed by atoms with Crippen LogP contribution < -0.4 is 5.73 Å². The summed E-state index contributed by atoms with van der Waals surface area (Å²) in [6.07, 6.45) is 1.92. The van der Waals surface area contributed by atoms with E-state index in [1.807, 2.05) is 13.2 Å². The Balaban J connectivity index is 2.83. The number of hydrogen-bond acceptors (Lipinski definition) is 5. The molecule has 5 nitrogen and oxygen atoms in total. The zero-order valence-corrected chi connectivity index (χ0v) is 10.6. The Morgan fingerprint density at radius 1 is 1.43 bits per heavy atom. The third-order valence-corrected chi connectivity index (χ3v) is 3.59. The molecule has 0 spiro atoms. The Labute approximate surface area is 98.6 Å². The number of hydrogen-bond donors (Lipinski definition) is 1. The lowest BCUT2D eigenvalue weighted by atomic mass is 10.5. The standard InChI is InChI=1S/C7H8IN5S/c1-3-4(8)5-10-7(14-2)11-6(9)13(5)12-3/h1-2H3,(H2,9,10,11). The summed E-state index contributed by atoms with van der Waals surface area (Å²) in [5.74, 6) is 0.380. The van der Waals surface area contributed by atoms with Crippen molar-refractivity contribution in [1.82, 2.24) is 19.6 Å². The van der Waals surface area contributed by atoms with Crippen LogP contribution in [-0.4, -0.2) is 25.8 Å². The molecule has 0 aliphatic rings. The van der Waals surface area contributed by atoms with Crippen LogP contribution >= 0.6 is 34.4 Å². The SMILES string of the molecule is CSc1nc(N)n2nc(C)c(I)c2n1. The Bertz CT molecular complexity index is 494. The summed E-state index contributed by atoms with van der Waals surface area (Å²) in [4.78, 5) is 8.44. The molecule has 7 heteroatoms. The van der Waals surface area contributed by atoms with Crippen LogP contribution in [-0.2, 0) is 0 Å². The first-order valence-corrected chi connectivity index (χ1v) is 6.16. The van der Waals surface area contributed by atoms with Crippen molar-refractivity contribution in [1.29, 1.82) is 0 Å². The van der Waals surface area contributed by atoms with Crippen molar-refractivity contribution in [2.75, 3.05) is 12.0 Å². The van der Waals surface area contributed by atoms with E-state index in [-0.39, 0.29) is 0 Å². The molecule has 0 unspecified atom stereocenters. The van der Waals surface area contributed by atoms with Crippen LogP contribution in [0.1, 0.15) is 5.69 Å². The number of aromatic nitrogens is 4. The fourth-order valence-corrected chi connectivity index (χ4v) is 1.92. The number of aryl methyl sites for hydroxylation is 1. The summed E-state index contributed by atoms with van der Waals surface area (Å²) in [6, 6.07) is 0. The highest BCUT2D eigenvalue weighted by molar-refractivity contribution is 14.1. The van der Waals surface area contributed by atoms with Crippen LogP contribution in [0.4, 0.5) is 5.95 Å². The van der Waals surface area contributed by atoms with Crippen molar-refractivity contribution in [3.05, 3.63) is 9.26 Å². The van der Waals surface area contributed by atoms with Crippen molar-refractivity contribution < 1.29 is 0 Å². The molecule has 0 atom stereocenters. The van der Waals surface area contributed by atoms with Gasteiger partial charge in [-0.15, -0.1) is 0 Å². The lowest BCUT2D eigenvalue weighted by molar-refractivity contribution is 0.843. The summed E-state index contributed by atoms with van der Waals surface area (Å²) in [6.45, 7) is 1.93. The van der Waals surface area contributed by atoms with E-state index in [0.29, 0.717) is 11.1 Å². The van der Waals surface area contributed by atoms with Gasteiger partial charge in [-0.25, -0.2) is 4.98 Å². The van der Waals surface area contributed by atoms with Gasteiger partial charge in [-0.1, -0.05) is 11.8 Å². The van der Waals surface area contributed by atoms with Gasteiger partial charge in [0, 0.05) is 0 Å². The lowest BCUT2D eigenvalue weighted by Crippen LogP contribution is -2.04. The monoisotopic (exact) mass is 321 g/mol. The summed E-state index contributed by atoms with van der Waals surface area (Å²) < 4.78 is 2.59. The number of fused-ring (bicyclic) bond motifs is 1. The average molecular weight is 321 g/mol. The number of nitrogens with zero attached hydrogens (tertiary/aromatic N) is 4. The van der Waals surface area contributed by atoms with Gasteiger partial charge in [-0.05, 0) is 35.8 Å². The molecule has 2 aromatic rings. The topological polar surface area (TPSA) is 69.1 Å². The van der Waals surface area contributed by atoms with Crippen LogP contribution in [0.2, 0.25) is 0 Å². The summed E-state index contributed by atoms with van der Waals surface area (Å²) in [7, 11) is 0. The fraction of sp³-hybridized carbons (Fsp3) is 0.286. The Kier molecular flexibility index (Phi) is 2.52. The summed E-state index contributed by atoms with van der Waals surface area (Å²) in [5.41, 5.74) is 7.45. The number of halogens is 1. The van der Waals surface area contributed by atoms with E-state index in [2.05, 4.69) is 37.7 Å². The molecule has 0 amide bonds. The molecule has 2 heterocycles. The van der Waals surface area contributed by atoms with E-state index < -0.39 is 0 Å². The van der Waals surface area contributed by atoms with Crippen molar-refractivity contribution >= 4 is 45.9 Å². The van der Waals surface area contributed by atoms with Crippen molar-refractivity contribution in [2.45, 2.75) is 12.1 Å². The number of nitrogen functional groups attached to an aromatic ring is 1. The van der Waals surface area contributed by atoms with Gasteiger partial charge in [-0.2, -0.15) is 14.6 Å². The van der Waals surface area contributed by atoms with Gasteiger partial charge in [0.1, 0.15) is 0 Å². The molecule has 0 aliphatic carbocycles. The second kappa shape index (κ2) is 3.54. The molecule has 0 radical (unpaired) electrons. The number of thioether (sulfide) groups is 1. The molecule has 0 fully saturated rings. The predicted octanol–water partition coefficient (Wildman–Crippen LogP) is 1.34. The molecule has 0 saturated heterocycles. The largest absolute Gasteiger partial charge is 0.368 e.